The van der Waals surface area contributed by atoms with Crippen LogP contribution in [-0.2, 0) is 0 Å². The van der Waals surface area contributed by atoms with Crippen LogP contribution < -0.4 is 5.73 Å². The fraction of sp³-hybridized carbons (Fsp3) is 0.533. The van der Waals surface area contributed by atoms with Crippen molar-refractivity contribution < 1.29 is 9.18 Å². The summed E-state index contributed by atoms with van der Waals surface area (Å²) in [5, 5.41) is 0. The van der Waals surface area contributed by atoms with E-state index < -0.39 is 0 Å². The maximum absolute atomic E-state index is 13.4. The van der Waals surface area contributed by atoms with Gasteiger partial charge in [-0.05, 0) is 49.4 Å². The van der Waals surface area contributed by atoms with Gasteiger partial charge in [-0.2, -0.15) is 0 Å². The van der Waals surface area contributed by atoms with E-state index in [1.54, 1.807) is 13.0 Å². The van der Waals surface area contributed by atoms with Gasteiger partial charge in [-0.15, -0.1) is 0 Å². The average Bonchev–Trinajstić information content (AvgIpc) is 2.36. The van der Waals surface area contributed by atoms with Gasteiger partial charge in [0.05, 0.1) is 0 Å². The van der Waals surface area contributed by atoms with E-state index in [2.05, 4.69) is 6.92 Å². The average molecular weight is 264 g/mol. The third kappa shape index (κ3) is 2.95. The Kier molecular flexibility index (Phi) is 4.20. The lowest BCUT2D eigenvalue weighted by Crippen LogP contribution is -2.51. The second-order valence-electron chi connectivity index (χ2n) is 5.44. The third-order valence-electron chi connectivity index (χ3n) is 3.91. The van der Waals surface area contributed by atoms with Gasteiger partial charge in [0.25, 0.3) is 5.91 Å². The van der Waals surface area contributed by atoms with Gasteiger partial charge in [0.15, 0.2) is 0 Å². The standard InChI is InChI=1S/C15H21FN2O/c1-10-6-12(8-13(16)7-10)15(19)18-5-3-4-11(2)14(18)9-17/h6-8,11,14H,3-5,9,17H2,1-2H3. The number of rotatable bonds is 2. The first-order valence-electron chi connectivity index (χ1n) is 6.81. The largest absolute Gasteiger partial charge is 0.334 e. The van der Waals surface area contributed by atoms with Gasteiger partial charge in [0.2, 0.25) is 0 Å². The van der Waals surface area contributed by atoms with Gasteiger partial charge in [-0.3, -0.25) is 4.79 Å². The van der Waals surface area contributed by atoms with Crippen molar-refractivity contribution in [3.63, 3.8) is 0 Å². The van der Waals surface area contributed by atoms with Crippen LogP contribution in [-0.4, -0.2) is 29.9 Å². The number of halogens is 1. The zero-order chi connectivity index (χ0) is 14.0. The lowest BCUT2D eigenvalue weighted by atomic mass is 9.90. The van der Waals surface area contributed by atoms with Crippen LogP contribution in [0.4, 0.5) is 4.39 Å². The molecule has 19 heavy (non-hydrogen) atoms. The normalized spacial score (nSPS) is 23.5. The van der Waals surface area contributed by atoms with Crippen molar-refractivity contribution in [1.82, 2.24) is 4.90 Å². The van der Waals surface area contributed by atoms with Crippen LogP contribution in [0.2, 0.25) is 0 Å². The number of hydrogen-bond donors (Lipinski definition) is 1. The highest BCUT2D eigenvalue weighted by molar-refractivity contribution is 5.94. The molecule has 0 aromatic heterocycles. The van der Waals surface area contributed by atoms with Crippen molar-refractivity contribution in [3.05, 3.63) is 35.1 Å². The Balaban J connectivity index is 2.26. The smallest absolute Gasteiger partial charge is 0.254 e. The molecule has 4 heteroatoms. The number of nitrogens with two attached hydrogens (primary N) is 1. The van der Waals surface area contributed by atoms with Gasteiger partial charge in [-0.1, -0.05) is 6.92 Å². The van der Waals surface area contributed by atoms with Crippen molar-refractivity contribution in [2.45, 2.75) is 32.7 Å². The van der Waals surface area contributed by atoms with Gasteiger partial charge < -0.3 is 10.6 Å². The maximum Gasteiger partial charge on any atom is 0.254 e. The summed E-state index contributed by atoms with van der Waals surface area (Å²) in [5.41, 5.74) is 6.97. The minimum absolute atomic E-state index is 0.0600. The highest BCUT2D eigenvalue weighted by Gasteiger charge is 2.31. The molecule has 1 heterocycles. The fourth-order valence-electron chi connectivity index (χ4n) is 2.89. The molecule has 2 rings (SSSR count). The third-order valence-corrected chi connectivity index (χ3v) is 3.91. The Morgan fingerprint density at radius 2 is 2.21 bits per heavy atom. The molecule has 0 radical (unpaired) electrons. The minimum Gasteiger partial charge on any atom is -0.334 e. The van der Waals surface area contributed by atoms with E-state index >= 15 is 0 Å². The van der Waals surface area contributed by atoms with Gasteiger partial charge >= 0.3 is 0 Å². The zero-order valence-corrected chi connectivity index (χ0v) is 11.5. The van der Waals surface area contributed by atoms with Crippen molar-refractivity contribution in [3.8, 4) is 0 Å². The molecule has 104 valence electrons. The van der Waals surface area contributed by atoms with Crippen LogP contribution in [0.15, 0.2) is 18.2 Å². The molecule has 0 saturated carbocycles. The summed E-state index contributed by atoms with van der Waals surface area (Å²) in [6.45, 7) is 5.08. The Morgan fingerprint density at radius 3 is 2.84 bits per heavy atom. The number of piperidine rings is 1. The molecule has 2 unspecified atom stereocenters. The first-order valence-corrected chi connectivity index (χ1v) is 6.81. The van der Waals surface area contributed by atoms with E-state index in [4.69, 9.17) is 5.73 Å². The summed E-state index contributed by atoms with van der Waals surface area (Å²) in [5.74, 6) is -0.0698. The van der Waals surface area contributed by atoms with E-state index in [1.807, 2.05) is 4.90 Å². The highest BCUT2D eigenvalue weighted by atomic mass is 19.1. The number of amides is 1. The predicted octanol–water partition coefficient (Wildman–Crippen LogP) is 2.33. The van der Waals surface area contributed by atoms with E-state index in [9.17, 15) is 9.18 Å². The molecule has 1 amide bonds. The van der Waals surface area contributed by atoms with Crippen LogP contribution in [0.25, 0.3) is 0 Å². The number of benzene rings is 1. The predicted molar refractivity (Wildman–Crippen MR) is 73.4 cm³/mol. The summed E-state index contributed by atoms with van der Waals surface area (Å²) in [4.78, 5) is 14.3. The Labute approximate surface area is 113 Å². The van der Waals surface area contributed by atoms with E-state index in [-0.39, 0.29) is 17.8 Å². The summed E-state index contributed by atoms with van der Waals surface area (Å²) < 4.78 is 13.4. The first kappa shape index (κ1) is 14.0. The molecule has 2 N–H and O–H groups in total. The fourth-order valence-corrected chi connectivity index (χ4v) is 2.89. The van der Waals surface area contributed by atoms with E-state index in [1.165, 1.54) is 12.1 Å². The highest BCUT2D eigenvalue weighted by Crippen LogP contribution is 2.24. The van der Waals surface area contributed by atoms with Crippen molar-refractivity contribution >= 4 is 5.91 Å². The van der Waals surface area contributed by atoms with Crippen molar-refractivity contribution in [2.75, 3.05) is 13.1 Å². The van der Waals surface area contributed by atoms with Crippen LogP contribution in [0, 0.1) is 18.7 Å². The van der Waals surface area contributed by atoms with Gasteiger partial charge in [0.1, 0.15) is 5.82 Å². The number of likely N-dealkylation sites (tertiary alicyclic amines) is 1. The molecular weight excluding hydrogens is 243 g/mol. The number of carbonyl (C=O) groups is 1. The molecule has 1 saturated heterocycles. The minimum atomic E-state index is -0.363. The molecule has 2 atom stereocenters. The van der Waals surface area contributed by atoms with Crippen molar-refractivity contribution in [2.24, 2.45) is 11.7 Å². The quantitative estimate of drug-likeness (QED) is 0.891. The first-order chi connectivity index (χ1) is 9.02. The number of nitrogens with zero attached hydrogens (tertiary/aromatic N) is 1. The summed E-state index contributed by atoms with van der Waals surface area (Å²) >= 11 is 0. The monoisotopic (exact) mass is 264 g/mol. The van der Waals surface area contributed by atoms with E-state index in [0.29, 0.717) is 24.6 Å². The Morgan fingerprint density at radius 1 is 1.47 bits per heavy atom. The van der Waals surface area contributed by atoms with Crippen LogP contribution in [0.5, 0.6) is 0 Å². The molecule has 1 aliphatic rings. The molecule has 0 bridgehead atoms. The molecule has 1 aromatic carbocycles. The van der Waals surface area contributed by atoms with Crippen LogP contribution in [0.3, 0.4) is 0 Å². The summed E-state index contributed by atoms with van der Waals surface area (Å²) in [6.07, 6.45) is 2.07. The number of aryl methyl sites for hydroxylation is 1. The van der Waals surface area contributed by atoms with Crippen molar-refractivity contribution in [1.29, 1.82) is 0 Å². The van der Waals surface area contributed by atoms with E-state index in [0.717, 1.165) is 18.4 Å². The van der Waals surface area contributed by atoms with Crippen LogP contribution in [0.1, 0.15) is 35.7 Å². The Hall–Kier alpha value is -1.42. The topological polar surface area (TPSA) is 46.3 Å². The molecule has 0 aliphatic carbocycles. The number of carbonyl (C=O) groups excluding carboxylic acids is 1. The zero-order valence-electron chi connectivity index (χ0n) is 11.5. The second kappa shape index (κ2) is 5.70. The molecule has 1 aliphatic heterocycles. The van der Waals surface area contributed by atoms with Gasteiger partial charge in [-0.25, -0.2) is 4.39 Å². The summed E-state index contributed by atoms with van der Waals surface area (Å²) in [7, 11) is 0. The number of hydrogen-bond acceptors (Lipinski definition) is 2. The Bertz CT molecular complexity index is 455. The van der Waals surface area contributed by atoms with Crippen LogP contribution >= 0.6 is 0 Å². The SMILES string of the molecule is Cc1cc(F)cc(C(=O)N2CCCC(C)C2CN)c1. The summed E-state index contributed by atoms with van der Waals surface area (Å²) in [6, 6.07) is 4.53. The second-order valence-corrected chi connectivity index (χ2v) is 5.44. The lowest BCUT2D eigenvalue weighted by molar-refractivity contribution is 0.0532. The molecular formula is C15H21FN2O. The maximum atomic E-state index is 13.4. The molecule has 3 nitrogen and oxygen atoms in total. The molecule has 0 spiro atoms. The molecule has 1 fully saturated rings. The molecule has 1 aromatic rings. The lowest BCUT2D eigenvalue weighted by Gasteiger charge is -2.39. The van der Waals surface area contributed by atoms with Gasteiger partial charge in [0, 0.05) is 24.7 Å².